The van der Waals surface area contributed by atoms with Gasteiger partial charge in [0.25, 0.3) is 0 Å². The number of nitrogens with zero attached hydrogens (tertiary/aromatic N) is 1. The molecule has 1 fully saturated rings. The first kappa shape index (κ1) is 14.9. The van der Waals surface area contributed by atoms with Crippen molar-refractivity contribution < 1.29 is 14.8 Å². The summed E-state index contributed by atoms with van der Waals surface area (Å²) in [5.74, 6) is 0.0429. The molecule has 0 aromatic heterocycles. The molecule has 0 saturated heterocycles. The molecule has 3 N–H and O–H groups in total. The molecule has 2 unspecified atom stereocenters. The van der Waals surface area contributed by atoms with Gasteiger partial charge in [-0.2, -0.15) is 0 Å². The first-order valence-electron chi connectivity index (χ1n) is 6.53. The van der Waals surface area contributed by atoms with Crippen LogP contribution in [-0.4, -0.2) is 22.7 Å². The number of halogens is 1. The summed E-state index contributed by atoms with van der Waals surface area (Å²) in [5.41, 5.74) is 5.30. The summed E-state index contributed by atoms with van der Waals surface area (Å²) in [6.45, 7) is 0.224. The molecule has 0 radical (unpaired) electrons. The number of nitro groups is 1. The molecule has 2 atom stereocenters. The highest BCUT2D eigenvalue weighted by molar-refractivity contribution is 6.31. The van der Waals surface area contributed by atoms with E-state index in [1.807, 2.05) is 0 Å². The summed E-state index contributed by atoms with van der Waals surface area (Å²) in [6.07, 6.45) is 3.21. The number of benzene rings is 1. The Labute approximate surface area is 121 Å². The van der Waals surface area contributed by atoms with Gasteiger partial charge in [0.05, 0.1) is 17.6 Å². The highest BCUT2D eigenvalue weighted by atomic mass is 35.5. The van der Waals surface area contributed by atoms with Gasteiger partial charge in [-0.25, -0.2) is 0 Å². The zero-order valence-electron chi connectivity index (χ0n) is 10.9. The Bertz CT molecular complexity index is 509. The van der Waals surface area contributed by atoms with E-state index >= 15 is 0 Å². The third kappa shape index (κ3) is 3.32. The molecule has 6 nitrogen and oxygen atoms in total. The lowest BCUT2D eigenvalue weighted by Gasteiger charge is -2.27. The fraction of sp³-hybridized carbons (Fsp3) is 0.538. The van der Waals surface area contributed by atoms with E-state index in [2.05, 4.69) is 0 Å². The van der Waals surface area contributed by atoms with Gasteiger partial charge in [0.15, 0.2) is 0 Å². The summed E-state index contributed by atoms with van der Waals surface area (Å²) < 4.78 is 5.50. The molecule has 1 aromatic carbocycles. The van der Waals surface area contributed by atoms with E-state index in [0.717, 1.165) is 25.7 Å². The number of ether oxygens (including phenoxy) is 1. The number of aliphatic hydroxyl groups excluding tert-OH is 1. The molecular weight excluding hydrogens is 284 g/mol. The van der Waals surface area contributed by atoms with Crippen molar-refractivity contribution >= 4 is 23.0 Å². The molecule has 1 aliphatic rings. The molecule has 1 aliphatic carbocycles. The minimum absolute atomic E-state index is 0.0106. The van der Waals surface area contributed by atoms with Gasteiger partial charge in [0, 0.05) is 17.0 Å². The van der Waals surface area contributed by atoms with Crippen LogP contribution >= 0.6 is 11.6 Å². The highest BCUT2D eigenvalue weighted by Gasteiger charge is 2.26. The number of nitrogens with two attached hydrogens (primary N) is 1. The van der Waals surface area contributed by atoms with Crippen molar-refractivity contribution in [2.75, 3.05) is 12.3 Å². The number of nitro benzene ring substituents is 1. The maximum Gasteiger partial charge on any atom is 0.333 e. The SMILES string of the molecule is Nc1cc(Cl)cc(OCC2CCCCC2O)c1[N+](=O)[O-]. The summed E-state index contributed by atoms with van der Waals surface area (Å²) in [6, 6.07) is 2.70. The van der Waals surface area contributed by atoms with Gasteiger partial charge in [-0.15, -0.1) is 0 Å². The van der Waals surface area contributed by atoms with Crippen LogP contribution in [0.5, 0.6) is 5.75 Å². The third-order valence-electron chi connectivity index (χ3n) is 3.57. The Morgan fingerprint density at radius 3 is 2.80 bits per heavy atom. The smallest absolute Gasteiger partial charge is 0.333 e. The maximum atomic E-state index is 11.0. The summed E-state index contributed by atoms with van der Waals surface area (Å²) in [7, 11) is 0. The second kappa shape index (κ2) is 6.28. The minimum atomic E-state index is -0.585. The van der Waals surface area contributed by atoms with E-state index in [4.69, 9.17) is 22.1 Å². The van der Waals surface area contributed by atoms with E-state index in [9.17, 15) is 15.2 Å². The number of aliphatic hydroxyl groups is 1. The van der Waals surface area contributed by atoms with Crippen LogP contribution in [0.15, 0.2) is 12.1 Å². The van der Waals surface area contributed by atoms with Crippen molar-refractivity contribution in [3.8, 4) is 5.75 Å². The predicted molar refractivity (Wildman–Crippen MR) is 76.0 cm³/mol. The van der Waals surface area contributed by atoms with E-state index in [1.165, 1.54) is 12.1 Å². The predicted octanol–water partition coefficient (Wildman–Crippen LogP) is 2.76. The Morgan fingerprint density at radius 1 is 1.45 bits per heavy atom. The molecule has 7 heteroatoms. The maximum absolute atomic E-state index is 11.0. The van der Waals surface area contributed by atoms with Crippen molar-refractivity contribution in [1.82, 2.24) is 0 Å². The van der Waals surface area contributed by atoms with Gasteiger partial charge in [-0.1, -0.05) is 24.4 Å². The molecule has 0 aliphatic heterocycles. The lowest BCUT2D eigenvalue weighted by Crippen LogP contribution is -2.29. The Morgan fingerprint density at radius 2 is 2.15 bits per heavy atom. The topological polar surface area (TPSA) is 98.6 Å². The van der Waals surface area contributed by atoms with Crippen LogP contribution in [-0.2, 0) is 0 Å². The summed E-state index contributed by atoms with van der Waals surface area (Å²) in [4.78, 5) is 10.4. The van der Waals surface area contributed by atoms with Gasteiger partial charge >= 0.3 is 5.69 Å². The molecule has 0 amide bonds. The number of anilines is 1. The van der Waals surface area contributed by atoms with E-state index in [1.54, 1.807) is 0 Å². The molecule has 0 bridgehead atoms. The average Bonchev–Trinajstić information content (AvgIpc) is 2.36. The zero-order valence-corrected chi connectivity index (χ0v) is 11.7. The van der Waals surface area contributed by atoms with Crippen LogP contribution in [0, 0.1) is 16.0 Å². The fourth-order valence-corrected chi connectivity index (χ4v) is 2.70. The quantitative estimate of drug-likeness (QED) is 0.506. The lowest BCUT2D eigenvalue weighted by molar-refractivity contribution is -0.385. The van der Waals surface area contributed by atoms with Gasteiger partial charge in [-0.3, -0.25) is 10.1 Å². The molecule has 1 aromatic rings. The summed E-state index contributed by atoms with van der Waals surface area (Å²) in [5, 5.41) is 21.2. The van der Waals surface area contributed by atoms with E-state index in [0.29, 0.717) is 0 Å². The Hall–Kier alpha value is -1.53. The fourth-order valence-electron chi connectivity index (χ4n) is 2.48. The van der Waals surface area contributed by atoms with Crippen LogP contribution in [0.3, 0.4) is 0 Å². The largest absolute Gasteiger partial charge is 0.486 e. The molecule has 20 heavy (non-hydrogen) atoms. The van der Waals surface area contributed by atoms with Crippen LogP contribution in [0.25, 0.3) is 0 Å². The van der Waals surface area contributed by atoms with Crippen molar-refractivity contribution in [1.29, 1.82) is 0 Å². The normalized spacial score (nSPS) is 22.5. The molecule has 2 rings (SSSR count). The van der Waals surface area contributed by atoms with Gasteiger partial charge < -0.3 is 15.6 Å². The number of rotatable bonds is 4. The average molecular weight is 301 g/mol. The minimum Gasteiger partial charge on any atom is -0.486 e. The lowest BCUT2D eigenvalue weighted by atomic mass is 9.87. The van der Waals surface area contributed by atoms with Crippen molar-refractivity contribution in [2.45, 2.75) is 31.8 Å². The van der Waals surface area contributed by atoms with Gasteiger partial charge in [0.1, 0.15) is 5.69 Å². The zero-order chi connectivity index (χ0) is 14.7. The van der Waals surface area contributed by atoms with Crippen LogP contribution in [0.1, 0.15) is 25.7 Å². The Kier molecular flexibility index (Phi) is 4.67. The van der Waals surface area contributed by atoms with Crippen molar-refractivity contribution in [3.63, 3.8) is 0 Å². The second-order valence-corrected chi connectivity index (χ2v) is 5.46. The third-order valence-corrected chi connectivity index (χ3v) is 3.79. The van der Waals surface area contributed by atoms with Gasteiger partial charge in [-0.05, 0) is 18.9 Å². The molecule has 0 heterocycles. The Balaban J connectivity index is 2.14. The standard InChI is InChI=1S/C13H17ClN2O4/c14-9-5-10(15)13(16(18)19)12(6-9)20-7-8-3-1-2-4-11(8)17/h5-6,8,11,17H,1-4,7,15H2. The number of hydrogen-bond acceptors (Lipinski definition) is 5. The van der Waals surface area contributed by atoms with Crippen LogP contribution in [0.2, 0.25) is 5.02 Å². The second-order valence-electron chi connectivity index (χ2n) is 5.02. The number of hydrogen-bond donors (Lipinski definition) is 2. The van der Waals surface area contributed by atoms with Crippen molar-refractivity contribution in [2.24, 2.45) is 5.92 Å². The van der Waals surface area contributed by atoms with Gasteiger partial charge in [0.2, 0.25) is 5.75 Å². The molecule has 1 saturated carbocycles. The monoisotopic (exact) mass is 300 g/mol. The molecular formula is C13H17ClN2O4. The highest BCUT2D eigenvalue weighted by Crippen LogP contribution is 2.37. The van der Waals surface area contributed by atoms with E-state index < -0.39 is 11.0 Å². The first-order chi connectivity index (χ1) is 9.49. The molecule has 110 valence electrons. The number of nitrogen functional groups attached to an aromatic ring is 1. The van der Waals surface area contributed by atoms with Crippen LogP contribution < -0.4 is 10.5 Å². The van der Waals surface area contributed by atoms with Crippen molar-refractivity contribution in [3.05, 3.63) is 27.3 Å². The van der Waals surface area contributed by atoms with E-state index in [-0.39, 0.29) is 34.7 Å². The summed E-state index contributed by atoms with van der Waals surface area (Å²) >= 11 is 5.84. The molecule has 0 spiro atoms. The first-order valence-corrected chi connectivity index (χ1v) is 6.91. The van der Waals surface area contributed by atoms with Crippen LogP contribution in [0.4, 0.5) is 11.4 Å².